The summed E-state index contributed by atoms with van der Waals surface area (Å²) >= 11 is 0. The van der Waals surface area contributed by atoms with E-state index in [9.17, 15) is 14.4 Å². The number of carboxylic acid groups (broad SMARTS) is 1. The Hall–Kier alpha value is -2.10. The van der Waals surface area contributed by atoms with Crippen LogP contribution in [0, 0.1) is 23.2 Å². The number of hydrogen-bond acceptors (Lipinski definition) is 4. The molecule has 0 saturated heterocycles. The minimum absolute atomic E-state index is 0.0201. The lowest BCUT2D eigenvalue weighted by Crippen LogP contribution is -2.53. The van der Waals surface area contributed by atoms with Crippen LogP contribution in [0.15, 0.2) is 0 Å². The van der Waals surface area contributed by atoms with E-state index < -0.39 is 29.9 Å². The maximum Gasteiger partial charge on any atom is 0.326 e. The third-order valence-electron chi connectivity index (χ3n) is 2.95. The van der Waals surface area contributed by atoms with Crippen molar-refractivity contribution in [3.63, 3.8) is 0 Å². The van der Waals surface area contributed by atoms with Crippen molar-refractivity contribution in [3.05, 3.63) is 0 Å². The first-order valence-electron chi connectivity index (χ1n) is 6.86. The summed E-state index contributed by atoms with van der Waals surface area (Å²) in [6, 6.07) is -0.0459. The number of carboxylic acids is 1. The Labute approximate surface area is 124 Å². The average molecular weight is 297 g/mol. The summed E-state index contributed by atoms with van der Waals surface area (Å²) < 4.78 is 0. The molecule has 3 N–H and O–H groups in total. The zero-order valence-corrected chi connectivity index (χ0v) is 12.8. The highest BCUT2D eigenvalue weighted by atomic mass is 16.4. The molecule has 0 aromatic rings. The zero-order chi connectivity index (χ0) is 16.6. The topological polar surface area (TPSA) is 119 Å². The minimum Gasteiger partial charge on any atom is -0.480 e. The Bertz CT molecular complexity index is 428. The lowest BCUT2D eigenvalue weighted by atomic mass is 9.97. The van der Waals surface area contributed by atoms with Crippen LogP contribution >= 0.6 is 0 Å². The molecule has 0 fully saturated rings. The molecule has 0 aromatic heterocycles. The molecule has 0 radical (unpaired) electrons. The first-order valence-corrected chi connectivity index (χ1v) is 6.86. The second kappa shape index (κ2) is 8.95. The van der Waals surface area contributed by atoms with Crippen LogP contribution in [-0.4, -0.2) is 35.0 Å². The summed E-state index contributed by atoms with van der Waals surface area (Å²) in [6.45, 7) is 6.68. The number of aliphatic carboxylic acids is 1. The van der Waals surface area contributed by atoms with Gasteiger partial charge in [0.05, 0.1) is 6.07 Å². The molecule has 3 atom stereocenters. The summed E-state index contributed by atoms with van der Waals surface area (Å²) in [4.78, 5) is 34.5. The molecule has 2 amide bonds. The second-order valence-corrected chi connectivity index (χ2v) is 5.55. The van der Waals surface area contributed by atoms with Crippen molar-refractivity contribution >= 4 is 17.8 Å². The predicted octanol–water partition coefficient (Wildman–Crippen LogP) is 0.656. The van der Waals surface area contributed by atoms with Crippen LogP contribution in [0.5, 0.6) is 0 Å². The van der Waals surface area contributed by atoms with Gasteiger partial charge in [0.25, 0.3) is 0 Å². The van der Waals surface area contributed by atoms with Crippen LogP contribution in [0.3, 0.4) is 0 Å². The minimum atomic E-state index is -1.20. The van der Waals surface area contributed by atoms with E-state index in [1.807, 2.05) is 19.9 Å². The maximum absolute atomic E-state index is 12.2. The van der Waals surface area contributed by atoms with Crippen molar-refractivity contribution in [2.75, 3.05) is 0 Å². The average Bonchev–Trinajstić information content (AvgIpc) is 2.33. The number of carbonyl (C=O) groups excluding carboxylic acids is 2. The summed E-state index contributed by atoms with van der Waals surface area (Å²) in [6.07, 6.45) is 0.427. The van der Waals surface area contributed by atoms with Crippen LogP contribution in [-0.2, 0) is 14.4 Å². The number of nitriles is 1. The van der Waals surface area contributed by atoms with Crippen LogP contribution in [0.4, 0.5) is 0 Å². The van der Waals surface area contributed by atoms with Gasteiger partial charge < -0.3 is 15.7 Å². The van der Waals surface area contributed by atoms with Gasteiger partial charge in [-0.3, -0.25) is 9.59 Å². The second-order valence-electron chi connectivity index (χ2n) is 5.55. The van der Waals surface area contributed by atoms with Gasteiger partial charge in [0.15, 0.2) is 0 Å². The first kappa shape index (κ1) is 18.9. The normalized spacial score (nSPS) is 14.7. The van der Waals surface area contributed by atoms with E-state index in [2.05, 4.69) is 10.6 Å². The third-order valence-corrected chi connectivity index (χ3v) is 2.95. The summed E-state index contributed by atoms with van der Waals surface area (Å²) in [5.74, 6) is -2.46. The van der Waals surface area contributed by atoms with Crippen molar-refractivity contribution in [1.29, 1.82) is 5.26 Å². The van der Waals surface area contributed by atoms with E-state index in [4.69, 9.17) is 10.4 Å². The highest BCUT2D eigenvalue weighted by Crippen LogP contribution is 2.10. The first-order chi connectivity index (χ1) is 9.68. The van der Waals surface area contributed by atoms with Crippen LogP contribution < -0.4 is 10.6 Å². The molecule has 0 aliphatic rings. The predicted molar refractivity (Wildman–Crippen MR) is 76.0 cm³/mol. The largest absolute Gasteiger partial charge is 0.480 e. The molecule has 0 bridgehead atoms. The Kier molecular flexibility index (Phi) is 8.06. The molecule has 0 unspecified atom stereocenters. The number of nitrogens with one attached hydrogen (secondary N) is 2. The fourth-order valence-corrected chi connectivity index (χ4v) is 1.91. The Balaban J connectivity index is 4.94. The van der Waals surface area contributed by atoms with Gasteiger partial charge in [-0.25, -0.2) is 4.79 Å². The van der Waals surface area contributed by atoms with E-state index in [1.165, 1.54) is 6.92 Å². The van der Waals surface area contributed by atoms with Crippen LogP contribution in [0.25, 0.3) is 0 Å². The Morgan fingerprint density at radius 2 is 1.76 bits per heavy atom. The monoisotopic (exact) mass is 297 g/mol. The van der Waals surface area contributed by atoms with Gasteiger partial charge in [-0.05, 0) is 12.3 Å². The van der Waals surface area contributed by atoms with E-state index >= 15 is 0 Å². The van der Waals surface area contributed by atoms with E-state index in [-0.39, 0.29) is 18.2 Å². The van der Waals surface area contributed by atoms with Crippen LogP contribution in [0.2, 0.25) is 0 Å². The molecule has 21 heavy (non-hydrogen) atoms. The van der Waals surface area contributed by atoms with Crippen molar-refractivity contribution in [2.24, 2.45) is 11.8 Å². The molecule has 0 aliphatic heterocycles. The molecular weight excluding hydrogens is 274 g/mol. The summed E-state index contributed by atoms with van der Waals surface area (Å²) in [5, 5.41) is 22.7. The Morgan fingerprint density at radius 1 is 1.19 bits per heavy atom. The number of rotatable bonds is 8. The molecule has 0 saturated carbocycles. The Morgan fingerprint density at radius 3 is 2.14 bits per heavy atom. The molecule has 0 heterocycles. The zero-order valence-electron chi connectivity index (χ0n) is 12.8. The molecular formula is C14H23N3O4. The lowest BCUT2D eigenvalue weighted by molar-refractivity contribution is -0.143. The SMILES string of the molecule is CC(=O)N[C@@H](CC(C)C)C(=O)N[C@H](C(=O)O)[C@H](C)CC#N. The molecule has 0 aliphatic carbocycles. The summed E-state index contributed by atoms with van der Waals surface area (Å²) in [5.41, 5.74) is 0. The molecule has 7 heteroatoms. The van der Waals surface area contributed by atoms with Crippen molar-refractivity contribution in [2.45, 2.75) is 52.6 Å². The fraction of sp³-hybridized carbons (Fsp3) is 0.714. The molecule has 7 nitrogen and oxygen atoms in total. The van der Waals surface area contributed by atoms with Gasteiger partial charge in [-0.2, -0.15) is 5.26 Å². The van der Waals surface area contributed by atoms with Crippen LogP contribution in [0.1, 0.15) is 40.5 Å². The van der Waals surface area contributed by atoms with Crippen molar-refractivity contribution in [3.8, 4) is 6.07 Å². The summed E-state index contributed by atoms with van der Waals surface area (Å²) in [7, 11) is 0. The van der Waals surface area contributed by atoms with Crippen molar-refractivity contribution < 1.29 is 19.5 Å². The third kappa shape index (κ3) is 7.30. The lowest BCUT2D eigenvalue weighted by Gasteiger charge is -2.24. The number of hydrogen-bond donors (Lipinski definition) is 3. The molecule has 118 valence electrons. The van der Waals surface area contributed by atoms with E-state index in [0.29, 0.717) is 6.42 Å². The van der Waals surface area contributed by atoms with Gasteiger partial charge in [0.2, 0.25) is 11.8 Å². The standard InChI is InChI=1S/C14H23N3O4/c1-8(2)7-11(16-10(4)18)13(19)17-12(14(20)21)9(3)5-6-15/h8-9,11-12H,5,7H2,1-4H3,(H,16,18)(H,17,19)(H,20,21)/t9-,11+,12+/m1/s1. The van der Waals surface area contributed by atoms with Gasteiger partial charge in [0, 0.05) is 19.3 Å². The van der Waals surface area contributed by atoms with Gasteiger partial charge >= 0.3 is 5.97 Å². The molecule has 0 aromatic carbocycles. The molecule has 0 rings (SSSR count). The van der Waals surface area contributed by atoms with Gasteiger partial charge in [0.1, 0.15) is 12.1 Å². The highest BCUT2D eigenvalue weighted by Gasteiger charge is 2.30. The van der Waals surface area contributed by atoms with Gasteiger partial charge in [-0.1, -0.05) is 20.8 Å². The molecule has 0 spiro atoms. The van der Waals surface area contributed by atoms with E-state index in [1.54, 1.807) is 6.92 Å². The highest BCUT2D eigenvalue weighted by molar-refractivity contribution is 5.90. The van der Waals surface area contributed by atoms with E-state index in [0.717, 1.165) is 0 Å². The smallest absolute Gasteiger partial charge is 0.326 e. The fourth-order valence-electron chi connectivity index (χ4n) is 1.91. The van der Waals surface area contributed by atoms with Gasteiger partial charge in [-0.15, -0.1) is 0 Å². The quantitative estimate of drug-likeness (QED) is 0.608. The number of nitrogens with zero attached hydrogens (tertiary/aromatic N) is 1. The number of amides is 2. The number of carbonyl (C=O) groups is 3. The van der Waals surface area contributed by atoms with Crippen molar-refractivity contribution in [1.82, 2.24) is 10.6 Å². The maximum atomic E-state index is 12.2.